The van der Waals surface area contributed by atoms with Crippen LogP contribution in [0.15, 0.2) is 54.2 Å². The van der Waals surface area contributed by atoms with Crippen molar-refractivity contribution in [1.82, 2.24) is 5.32 Å². The predicted octanol–water partition coefficient (Wildman–Crippen LogP) is 4.28. The van der Waals surface area contributed by atoms with Crippen molar-refractivity contribution in [3.05, 3.63) is 54.2 Å². The summed E-state index contributed by atoms with van der Waals surface area (Å²) in [6, 6.07) is 13.7. The Morgan fingerprint density at radius 1 is 1.16 bits per heavy atom. The Labute approximate surface area is 113 Å². The standard InChI is InChI=1S/C16H18N2O/c1-3-12(2)11-17-16(19)18-15-9-8-13-6-4-5-7-14(13)10-15/h4-11H,3H2,1-2H3,(H2,17,18,19)/b12-11+. The van der Waals surface area contributed by atoms with E-state index in [-0.39, 0.29) is 6.03 Å². The highest BCUT2D eigenvalue weighted by molar-refractivity contribution is 5.93. The number of hydrogen-bond acceptors (Lipinski definition) is 1. The van der Waals surface area contributed by atoms with Crippen molar-refractivity contribution in [3.8, 4) is 0 Å². The van der Waals surface area contributed by atoms with Crippen molar-refractivity contribution in [2.24, 2.45) is 0 Å². The van der Waals surface area contributed by atoms with Crippen LogP contribution in [0.1, 0.15) is 20.3 Å². The van der Waals surface area contributed by atoms with E-state index >= 15 is 0 Å². The lowest BCUT2D eigenvalue weighted by atomic mass is 10.1. The third-order valence-electron chi connectivity index (χ3n) is 3.01. The first-order valence-corrected chi connectivity index (χ1v) is 6.41. The normalized spacial score (nSPS) is 11.4. The Bertz CT molecular complexity index is 617. The molecule has 0 heterocycles. The maximum atomic E-state index is 11.7. The van der Waals surface area contributed by atoms with Gasteiger partial charge in [0.15, 0.2) is 0 Å². The Morgan fingerprint density at radius 2 is 1.89 bits per heavy atom. The summed E-state index contributed by atoms with van der Waals surface area (Å²) < 4.78 is 0. The van der Waals surface area contributed by atoms with Crippen LogP contribution in [0.2, 0.25) is 0 Å². The van der Waals surface area contributed by atoms with Gasteiger partial charge in [0.25, 0.3) is 0 Å². The Morgan fingerprint density at radius 3 is 2.63 bits per heavy atom. The lowest BCUT2D eigenvalue weighted by Crippen LogP contribution is -2.24. The van der Waals surface area contributed by atoms with E-state index < -0.39 is 0 Å². The number of urea groups is 1. The monoisotopic (exact) mass is 254 g/mol. The fraction of sp³-hybridized carbons (Fsp3) is 0.188. The van der Waals surface area contributed by atoms with E-state index in [0.717, 1.165) is 28.5 Å². The molecule has 2 amide bonds. The zero-order chi connectivity index (χ0) is 13.7. The molecular formula is C16H18N2O. The second-order valence-electron chi connectivity index (χ2n) is 4.50. The van der Waals surface area contributed by atoms with E-state index in [2.05, 4.69) is 17.6 Å². The molecule has 0 radical (unpaired) electrons. The molecule has 0 atom stereocenters. The molecule has 0 unspecified atom stereocenters. The highest BCUT2D eigenvalue weighted by Gasteiger charge is 2.00. The van der Waals surface area contributed by atoms with Crippen LogP contribution in [-0.2, 0) is 0 Å². The van der Waals surface area contributed by atoms with Crippen molar-refractivity contribution in [1.29, 1.82) is 0 Å². The van der Waals surface area contributed by atoms with Gasteiger partial charge < -0.3 is 10.6 Å². The van der Waals surface area contributed by atoms with Gasteiger partial charge in [-0.05, 0) is 36.2 Å². The number of nitrogens with one attached hydrogen (secondary N) is 2. The van der Waals surface area contributed by atoms with Gasteiger partial charge in [-0.2, -0.15) is 0 Å². The summed E-state index contributed by atoms with van der Waals surface area (Å²) >= 11 is 0. The van der Waals surface area contributed by atoms with Crippen LogP contribution < -0.4 is 10.6 Å². The average molecular weight is 254 g/mol. The molecule has 2 N–H and O–H groups in total. The summed E-state index contributed by atoms with van der Waals surface area (Å²) in [7, 11) is 0. The number of carbonyl (C=O) groups is 1. The summed E-state index contributed by atoms with van der Waals surface area (Å²) in [5, 5.41) is 7.81. The van der Waals surface area contributed by atoms with Gasteiger partial charge in [-0.1, -0.05) is 42.8 Å². The minimum Gasteiger partial charge on any atom is -0.314 e. The molecule has 0 spiro atoms. The second-order valence-corrected chi connectivity index (χ2v) is 4.50. The molecule has 3 heteroatoms. The van der Waals surface area contributed by atoms with Crippen LogP contribution in [0.25, 0.3) is 10.8 Å². The van der Waals surface area contributed by atoms with E-state index in [9.17, 15) is 4.79 Å². The molecule has 0 aliphatic carbocycles. The molecule has 0 saturated heterocycles. The van der Waals surface area contributed by atoms with Gasteiger partial charge >= 0.3 is 6.03 Å². The fourth-order valence-corrected chi connectivity index (χ4v) is 1.73. The minimum atomic E-state index is -0.219. The first-order chi connectivity index (χ1) is 9.19. The summed E-state index contributed by atoms with van der Waals surface area (Å²) in [5.41, 5.74) is 1.92. The zero-order valence-corrected chi connectivity index (χ0v) is 11.2. The number of carbonyl (C=O) groups excluding carboxylic acids is 1. The smallest absolute Gasteiger partial charge is 0.314 e. The van der Waals surface area contributed by atoms with E-state index in [4.69, 9.17) is 0 Å². The van der Waals surface area contributed by atoms with Gasteiger partial charge in [-0.3, -0.25) is 0 Å². The van der Waals surface area contributed by atoms with Crippen molar-refractivity contribution in [2.45, 2.75) is 20.3 Å². The summed E-state index contributed by atoms with van der Waals surface area (Å²) in [4.78, 5) is 11.7. The maximum Gasteiger partial charge on any atom is 0.323 e. The lowest BCUT2D eigenvalue weighted by molar-refractivity contribution is 0.255. The van der Waals surface area contributed by atoms with Crippen molar-refractivity contribution < 1.29 is 4.79 Å². The number of rotatable bonds is 3. The molecule has 98 valence electrons. The molecule has 0 aliphatic heterocycles. The minimum absolute atomic E-state index is 0.219. The van der Waals surface area contributed by atoms with Gasteiger partial charge in [0.1, 0.15) is 0 Å². The molecule has 2 rings (SSSR count). The second kappa shape index (κ2) is 6.05. The third kappa shape index (κ3) is 3.58. The van der Waals surface area contributed by atoms with Crippen LogP contribution >= 0.6 is 0 Å². The van der Waals surface area contributed by atoms with Crippen LogP contribution in [0.4, 0.5) is 10.5 Å². The summed E-state index contributed by atoms with van der Waals surface area (Å²) in [5.74, 6) is 0. The molecule has 0 aliphatic rings. The molecule has 0 saturated carbocycles. The molecular weight excluding hydrogens is 236 g/mol. The Hall–Kier alpha value is -2.29. The topological polar surface area (TPSA) is 41.1 Å². The molecule has 0 fully saturated rings. The number of allylic oxidation sites excluding steroid dienone is 1. The lowest BCUT2D eigenvalue weighted by Gasteiger charge is -2.06. The Balaban J connectivity index is 2.07. The quantitative estimate of drug-likeness (QED) is 0.843. The van der Waals surface area contributed by atoms with E-state index in [1.807, 2.05) is 49.4 Å². The highest BCUT2D eigenvalue weighted by atomic mass is 16.2. The zero-order valence-electron chi connectivity index (χ0n) is 11.2. The largest absolute Gasteiger partial charge is 0.323 e. The Kier molecular flexibility index (Phi) is 4.18. The van der Waals surface area contributed by atoms with Crippen molar-refractivity contribution in [3.63, 3.8) is 0 Å². The van der Waals surface area contributed by atoms with Crippen LogP contribution in [-0.4, -0.2) is 6.03 Å². The van der Waals surface area contributed by atoms with Crippen LogP contribution in [0.3, 0.4) is 0 Å². The van der Waals surface area contributed by atoms with Gasteiger partial charge in [0.05, 0.1) is 0 Å². The number of anilines is 1. The molecule has 2 aromatic carbocycles. The molecule has 19 heavy (non-hydrogen) atoms. The molecule has 0 aromatic heterocycles. The van der Waals surface area contributed by atoms with Gasteiger partial charge in [0.2, 0.25) is 0 Å². The molecule has 3 nitrogen and oxygen atoms in total. The summed E-state index contributed by atoms with van der Waals surface area (Å²) in [6.07, 6.45) is 2.66. The highest BCUT2D eigenvalue weighted by Crippen LogP contribution is 2.18. The van der Waals surface area contributed by atoms with E-state index in [1.165, 1.54) is 0 Å². The van der Waals surface area contributed by atoms with Crippen molar-refractivity contribution >= 4 is 22.5 Å². The molecule has 2 aromatic rings. The average Bonchev–Trinajstić information content (AvgIpc) is 2.44. The van der Waals surface area contributed by atoms with Gasteiger partial charge in [0, 0.05) is 11.9 Å². The number of fused-ring (bicyclic) bond motifs is 1. The predicted molar refractivity (Wildman–Crippen MR) is 80.2 cm³/mol. The SMILES string of the molecule is CC/C(C)=C/NC(=O)Nc1ccc2ccccc2c1. The first-order valence-electron chi connectivity index (χ1n) is 6.41. The maximum absolute atomic E-state index is 11.7. The van der Waals surface area contributed by atoms with E-state index in [0.29, 0.717) is 0 Å². The molecule has 0 bridgehead atoms. The van der Waals surface area contributed by atoms with Gasteiger partial charge in [-0.25, -0.2) is 4.79 Å². The summed E-state index contributed by atoms with van der Waals surface area (Å²) in [6.45, 7) is 4.03. The van der Waals surface area contributed by atoms with Crippen LogP contribution in [0.5, 0.6) is 0 Å². The fourth-order valence-electron chi connectivity index (χ4n) is 1.73. The number of hydrogen-bond donors (Lipinski definition) is 2. The third-order valence-corrected chi connectivity index (χ3v) is 3.01. The van der Waals surface area contributed by atoms with Crippen LogP contribution in [0, 0.1) is 0 Å². The number of benzene rings is 2. The first kappa shape index (κ1) is 13.1. The van der Waals surface area contributed by atoms with Gasteiger partial charge in [-0.15, -0.1) is 0 Å². The van der Waals surface area contributed by atoms with Crippen molar-refractivity contribution in [2.75, 3.05) is 5.32 Å². The number of amides is 2. The van der Waals surface area contributed by atoms with E-state index in [1.54, 1.807) is 6.20 Å².